The van der Waals surface area contributed by atoms with Gasteiger partial charge < -0.3 is 10.4 Å². The first-order chi connectivity index (χ1) is 8.59. The van der Waals surface area contributed by atoms with Crippen molar-refractivity contribution >= 4 is 0 Å². The molecule has 0 heterocycles. The van der Waals surface area contributed by atoms with Crippen LogP contribution >= 0.6 is 0 Å². The van der Waals surface area contributed by atoms with Gasteiger partial charge in [0.2, 0.25) is 0 Å². The molecule has 0 radical (unpaired) electrons. The smallest absolute Gasteiger partial charge is 0.0580 e. The fourth-order valence-corrected chi connectivity index (χ4v) is 2.82. The molecule has 18 heavy (non-hydrogen) atoms. The van der Waals surface area contributed by atoms with E-state index < -0.39 is 0 Å². The van der Waals surface area contributed by atoms with E-state index in [2.05, 4.69) is 49.5 Å². The molecule has 2 heteroatoms. The molecule has 2 N–H and O–H groups in total. The summed E-state index contributed by atoms with van der Waals surface area (Å²) in [6.07, 6.45) is 3.24. The fourth-order valence-electron chi connectivity index (χ4n) is 2.82. The Bertz CT molecular complexity index is 361. The van der Waals surface area contributed by atoms with Crippen molar-refractivity contribution in [2.75, 3.05) is 13.1 Å². The Morgan fingerprint density at radius 2 is 1.94 bits per heavy atom. The van der Waals surface area contributed by atoms with Gasteiger partial charge in [-0.05, 0) is 24.3 Å². The van der Waals surface area contributed by atoms with Crippen molar-refractivity contribution in [2.45, 2.75) is 44.6 Å². The summed E-state index contributed by atoms with van der Waals surface area (Å²) in [7, 11) is 0. The highest BCUT2D eigenvalue weighted by molar-refractivity contribution is 5.23. The summed E-state index contributed by atoms with van der Waals surface area (Å²) in [4.78, 5) is 0. The second kappa shape index (κ2) is 5.85. The molecular weight excluding hydrogens is 222 g/mol. The molecule has 0 saturated heterocycles. The molecule has 2 unspecified atom stereocenters. The van der Waals surface area contributed by atoms with E-state index in [-0.39, 0.29) is 11.5 Å². The van der Waals surface area contributed by atoms with Crippen LogP contribution in [0.25, 0.3) is 0 Å². The number of aliphatic hydroxyl groups excluding tert-OH is 1. The zero-order valence-corrected chi connectivity index (χ0v) is 11.5. The molecule has 1 aliphatic carbocycles. The van der Waals surface area contributed by atoms with E-state index in [1.54, 1.807) is 0 Å². The summed E-state index contributed by atoms with van der Waals surface area (Å²) in [5.41, 5.74) is 1.51. The lowest BCUT2D eigenvalue weighted by Gasteiger charge is -2.27. The molecule has 0 aromatic heterocycles. The second-order valence-corrected chi connectivity index (χ2v) is 6.14. The van der Waals surface area contributed by atoms with Gasteiger partial charge >= 0.3 is 0 Å². The van der Waals surface area contributed by atoms with E-state index >= 15 is 0 Å². The number of aliphatic hydroxyl groups is 1. The van der Waals surface area contributed by atoms with E-state index in [4.69, 9.17) is 0 Å². The number of rotatable bonds is 5. The van der Waals surface area contributed by atoms with Gasteiger partial charge in [0, 0.05) is 18.5 Å². The maximum Gasteiger partial charge on any atom is 0.0580 e. The molecule has 1 saturated carbocycles. The van der Waals surface area contributed by atoms with Crippen LogP contribution in [0.1, 0.15) is 38.7 Å². The molecular formula is C16H25NO. The van der Waals surface area contributed by atoms with Crippen molar-refractivity contribution in [1.82, 2.24) is 5.32 Å². The Kier molecular flexibility index (Phi) is 4.41. The standard InChI is InChI=1S/C16H25NO/c1-16(2,14-8-4-3-5-9-14)12-17-11-13-7-6-10-15(13)18/h3-5,8-9,13,15,17-18H,6-7,10-12H2,1-2H3. The van der Waals surface area contributed by atoms with Crippen molar-refractivity contribution in [3.8, 4) is 0 Å². The lowest BCUT2D eigenvalue weighted by Crippen LogP contribution is -2.37. The Morgan fingerprint density at radius 1 is 1.22 bits per heavy atom. The lowest BCUT2D eigenvalue weighted by atomic mass is 9.84. The quantitative estimate of drug-likeness (QED) is 0.838. The van der Waals surface area contributed by atoms with Gasteiger partial charge in [-0.2, -0.15) is 0 Å². The van der Waals surface area contributed by atoms with Gasteiger partial charge in [-0.15, -0.1) is 0 Å². The summed E-state index contributed by atoms with van der Waals surface area (Å²) in [6, 6.07) is 10.6. The van der Waals surface area contributed by atoms with Gasteiger partial charge in [-0.3, -0.25) is 0 Å². The van der Waals surface area contributed by atoms with Crippen LogP contribution in [0.3, 0.4) is 0 Å². The average Bonchev–Trinajstić information content (AvgIpc) is 2.76. The molecule has 0 spiro atoms. The first-order valence-corrected chi connectivity index (χ1v) is 7.04. The summed E-state index contributed by atoms with van der Waals surface area (Å²) < 4.78 is 0. The molecule has 1 fully saturated rings. The maximum absolute atomic E-state index is 9.80. The van der Waals surface area contributed by atoms with Crippen LogP contribution in [0.5, 0.6) is 0 Å². The van der Waals surface area contributed by atoms with Crippen molar-refractivity contribution < 1.29 is 5.11 Å². The zero-order valence-electron chi connectivity index (χ0n) is 11.5. The summed E-state index contributed by atoms with van der Waals surface area (Å²) in [5, 5.41) is 13.3. The van der Waals surface area contributed by atoms with E-state index in [1.165, 1.54) is 18.4 Å². The predicted molar refractivity (Wildman–Crippen MR) is 75.7 cm³/mol. The number of hydrogen-bond acceptors (Lipinski definition) is 2. The highest BCUT2D eigenvalue weighted by Crippen LogP contribution is 2.26. The Labute approximate surface area is 110 Å². The van der Waals surface area contributed by atoms with Gasteiger partial charge in [-0.25, -0.2) is 0 Å². The maximum atomic E-state index is 9.80. The lowest BCUT2D eigenvalue weighted by molar-refractivity contribution is 0.131. The predicted octanol–water partition coefficient (Wildman–Crippen LogP) is 2.71. The topological polar surface area (TPSA) is 32.3 Å². The number of benzene rings is 1. The Morgan fingerprint density at radius 3 is 2.56 bits per heavy atom. The molecule has 2 nitrogen and oxygen atoms in total. The van der Waals surface area contributed by atoms with Gasteiger partial charge in [0.05, 0.1) is 6.10 Å². The molecule has 0 amide bonds. The SMILES string of the molecule is CC(C)(CNCC1CCCC1O)c1ccccc1. The molecule has 0 aliphatic heterocycles. The summed E-state index contributed by atoms with van der Waals surface area (Å²) >= 11 is 0. The van der Waals surface area contributed by atoms with Crippen molar-refractivity contribution in [2.24, 2.45) is 5.92 Å². The first kappa shape index (κ1) is 13.6. The average molecular weight is 247 g/mol. The third-order valence-electron chi connectivity index (χ3n) is 4.15. The monoisotopic (exact) mass is 247 g/mol. The minimum atomic E-state index is -0.0858. The van der Waals surface area contributed by atoms with Crippen LogP contribution in [0.2, 0.25) is 0 Å². The zero-order chi connectivity index (χ0) is 13.0. The molecule has 1 aromatic rings. The van der Waals surface area contributed by atoms with E-state index in [0.717, 1.165) is 19.5 Å². The second-order valence-electron chi connectivity index (χ2n) is 6.14. The van der Waals surface area contributed by atoms with Crippen LogP contribution < -0.4 is 5.32 Å². The highest BCUT2D eigenvalue weighted by Gasteiger charge is 2.26. The molecule has 1 aliphatic rings. The molecule has 2 atom stereocenters. The van der Waals surface area contributed by atoms with Crippen molar-refractivity contribution in [1.29, 1.82) is 0 Å². The van der Waals surface area contributed by atoms with Gasteiger partial charge in [0.1, 0.15) is 0 Å². The third kappa shape index (κ3) is 3.33. The first-order valence-electron chi connectivity index (χ1n) is 7.04. The molecule has 1 aromatic carbocycles. The van der Waals surface area contributed by atoms with E-state index in [0.29, 0.717) is 5.92 Å². The molecule has 2 rings (SSSR count). The fraction of sp³-hybridized carbons (Fsp3) is 0.625. The normalized spacial score (nSPS) is 24.4. The van der Waals surface area contributed by atoms with Gasteiger partial charge in [0.15, 0.2) is 0 Å². The minimum Gasteiger partial charge on any atom is -0.393 e. The Hall–Kier alpha value is -0.860. The van der Waals surface area contributed by atoms with Crippen LogP contribution in [0.15, 0.2) is 30.3 Å². The largest absolute Gasteiger partial charge is 0.393 e. The van der Waals surface area contributed by atoms with Crippen molar-refractivity contribution in [3.63, 3.8) is 0 Å². The Balaban J connectivity index is 1.82. The van der Waals surface area contributed by atoms with Crippen LogP contribution in [0.4, 0.5) is 0 Å². The number of nitrogens with one attached hydrogen (secondary N) is 1. The van der Waals surface area contributed by atoms with E-state index in [9.17, 15) is 5.11 Å². The van der Waals surface area contributed by atoms with Crippen LogP contribution in [-0.4, -0.2) is 24.3 Å². The van der Waals surface area contributed by atoms with Crippen LogP contribution in [-0.2, 0) is 5.41 Å². The van der Waals surface area contributed by atoms with Gasteiger partial charge in [-0.1, -0.05) is 50.6 Å². The summed E-state index contributed by atoms with van der Waals surface area (Å²) in [6.45, 7) is 6.43. The van der Waals surface area contributed by atoms with Gasteiger partial charge in [0.25, 0.3) is 0 Å². The minimum absolute atomic E-state index is 0.0858. The molecule has 100 valence electrons. The highest BCUT2D eigenvalue weighted by atomic mass is 16.3. The van der Waals surface area contributed by atoms with Crippen LogP contribution in [0, 0.1) is 5.92 Å². The third-order valence-corrected chi connectivity index (χ3v) is 4.15. The van der Waals surface area contributed by atoms with Crippen molar-refractivity contribution in [3.05, 3.63) is 35.9 Å². The number of hydrogen-bond donors (Lipinski definition) is 2. The summed E-state index contributed by atoms with van der Waals surface area (Å²) in [5.74, 6) is 0.455. The van der Waals surface area contributed by atoms with E-state index in [1.807, 2.05) is 0 Å². The molecule has 0 bridgehead atoms.